The standard InChI is InChI=1S/C14H18N4OS.ClH/c1-2-12-7-18(5-3-11(1)15-12)8-13-16-14(17-19-13)10-4-6-20-9-10;/h4,6,9,11-12,15H,1-3,5,7-8H2;1H. The lowest BCUT2D eigenvalue weighted by atomic mass is 10.1. The number of hydrogen-bond acceptors (Lipinski definition) is 6. The summed E-state index contributed by atoms with van der Waals surface area (Å²) < 4.78 is 5.39. The third kappa shape index (κ3) is 3.29. The Morgan fingerprint density at radius 2 is 2.24 bits per heavy atom. The topological polar surface area (TPSA) is 54.2 Å². The minimum absolute atomic E-state index is 0. The number of nitrogens with zero attached hydrogens (tertiary/aromatic N) is 3. The zero-order valence-electron chi connectivity index (χ0n) is 11.7. The molecule has 1 N–H and O–H groups in total. The molecule has 5 nitrogen and oxygen atoms in total. The molecule has 0 saturated carbocycles. The summed E-state index contributed by atoms with van der Waals surface area (Å²) in [4.78, 5) is 6.94. The summed E-state index contributed by atoms with van der Waals surface area (Å²) in [6, 6.07) is 3.38. The second-order valence-electron chi connectivity index (χ2n) is 5.69. The van der Waals surface area contributed by atoms with Crippen LogP contribution in [0.15, 0.2) is 21.3 Å². The number of thiophene rings is 1. The molecule has 2 aromatic rings. The van der Waals surface area contributed by atoms with E-state index >= 15 is 0 Å². The quantitative estimate of drug-likeness (QED) is 0.939. The maximum atomic E-state index is 5.39. The molecule has 2 aliphatic heterocycles. The maximum absolute atomic E-state index is 5.39. The lowest BCUT2D eigenvalue weighted by Crippen LogP contribution is -2.35. The Hall–Kier alpha value is -0.950. The molecule has 0 spiro atoms. The van der Waals surface area contributed by atoms with Crippen molar-refractivity contribution in [1.82, 2.24) is 20.4 Å². The Labute approximate surface area is 134 Å². The molecule has 2 unspecified atom stereocenters. The SMILES string of the molecule is Cl.c1cc(-c2noc(CN3CCC4CCC(C3)N4)n2)cs1. The van der Waals surface area contributed by atoms with Crippen LogP contribution in [-0.2, 0) is 6.54 Å². The summed E-state index contributed by atoms with van der Waals surface area (Å²) in [6.07, 6.45) is 3.86. The lowest BCUT2D eigenvalue weighted by Gasteiger charge is -2.21. The monoisotopic (exact) mass is 326 g/mol. The van der Waals surface area contributed by atoms with Gasteiger partial charge in [-0.1, -0.05) is 5.16 Å². The highest BCUT2D eigenvalue weighted by atomic mass is 35.5. The first-order valence-electron chi connectivity index (χ1n) is 7.20. The van der Waals surface area contributed by atoms with Crippen molar-refractivity contribution in [3.63, 3.8) is 0 Å². The van der Waals surface area contributed by atoms with Crippen LogP contribution in [0.3, 0.4) is 0 Å². The van der Waals surface area contributed by atoms with Crippen LogP contribution in [0.1, 0.15) is 25.2 Å². The normalized spacial score (nSPS) is 25.5. The minimum Gasteiger partial charge on any atom is -0.338 e. The molecular weight excluding hydrogens is 308 g/mol. The van der Waals surface area contributed by atoms with E-state index < -0.39 is 0 Å². The number of halogens is 1. The number of hydrogen-bond donors (Lipinski definition) is 1. The number of likely N-dealkylation sites (tertiary alicyclic amines) is 1. The van der Waals surface area contributed by atoms with E-state index in [1.54, 1.807) is 11.3 Å². The molecule has 0 aromatic carbocycles. The molecule has 2 aromatic heterocycles. The van der Waals surface area contributed by atoms with Crippen LogP contribution in [0.2, 0.25) is 0 Å². The van der Waals surface area contributed by atoms with Crippen molar-refractivity contribution >= 4 is 23.7 Å². The summed E-state index contributed by atoms with van der Waals surface area (Å²) in [5, 5.41) is 11.8. The average molecular weight is 327 g/mol. The highest BCUT2D eigenvalue weighted by Gasteiger charge is 2.29. The summed E-state index contributed by atoms with van der Waals surface area (Å²) in [6.45, 7) is 2.97. The Bertz CT molecular complexity index is 573. The van der Waals surface area contributed by atoms with Gasteiger partial charge in [0.2, 0.25) is 11.7 Å². The first-order chi connectivity index (χ1) is 9.87. The molecular formula is C14H19ClN4OS. The van der Waals surface area contributed by atoms with Gasteiger partial charge in [0.25, 0.3) is 0 Å². The third-order valence-corrected chi connectivity index (χ3v) is 4.90. The molecule has 0 radical (unpaired) electrons. The van der Waals surface area contributed by atoms with Gasteiger partial charge in [-0.15, -0.1) is 12.4 Å². The van der Waals surface area contributed by atoms with Gasteiger partial charge in [0, 0.05) is 36.1 Å². The van der Waals surface area contributed by atoms with Gasteiger partial charge >= 0.3 is 0 Å². The van der Waals surface area contributed by atoms with E-state index in [0.717, 1.165) is 31.1 Å². The van der Waals surface area contributed by atoms with Gasteiger partial charge in [0.1, 0.15) is 0 Å². The molecule has 7 heteroatoms. The summed E-state index contributed by atoms with van der Waals surface area (Å²) in [5.41, 5.74) is 1.04. The van der Waals surface area contributed by atoms with E-state index in [0.29, 0.717) is 17.9 Å². The minimum atomic E-state index is 0. The van der Waals surface area contributed by atoms with Crippen LogP contribution >= 0.6 is 23.7 Å². The first-order valence-corrected chi connectivity index (χ1v) is 8.14. The van der Waals surface area contributed by atoms with Crippen LogP contribution in [0.4, 0.5) is 0 Å². The Balaban J connectivity index is 0.00000132. The van der Waals surface area contributed by atoms with Crippen LogP contribution in [0.25, 0.3) is 11.4 Å². The fraction of sp³-hybridized carbons (Fsp3) is 0.571. The molecule has 2 atom stereocenters. The second kappa shape index (κ2) is 6.44. The summed E-state index contributed by atoms with van der Waals surface area (Å²) >= 11 is 1.65. The lowest BCUT2D eigenvalue weighted by molar-refractivity contribution is 0.216. The van der Waals surface area contributed by atoms with Crippen LogP contribution in [0.5, 0.6) is 0 Å². The molecule has 4 rings (SSSR count). The summed E-state index contributed by atoms with van der Waals surface area (Å²) in [5.74, 6) is 1.43. The first kappa shape index (κ1) is 15.0. The smallest absolute Gasteiger partial charge is 0.241 e. The van der Waals surface area contributed by atoms with Crippen molar-refractivity contribution in [2.45, 2.75) is 37.9 Å². The average Bonchev–Trinajstić information content (AvgIpc) is 3.13. The number of nitrogens with one attached hydrogen (secondary N) is 1. The van der Waals surface area contributed by atoms with Crippen LogP contribution < -0.4 is 5.32 Å². The molecule has 2 bridgehead atoms. The van der Waals surface area contributed by atoms with Crippen molar-refractivity contribution in [3.05, 3.63) is 22.7 Å². The van der Waals surface area contributed by atoms with E-state index in [1.165, 1.54) is 19.3 Å². The fourth-order valence-electron chi connectivity index (χ4n) is 3.18. The van der Waals surface area contributed by atoms with Crippen molar-refractivity contribution in [2.75, 3.05) is 13.1 Å². The Kier molecular flexibility index (Phi) is 4.59. The molecule has 21 heavy (non-hydrogen) atoms. The van der Waals surface area contributed by atoms with E-state index in [1.807, 2.05) is 16.8 Å². The van der Waals surface area contributed by atoms with E-state index in [4.69, 9.17) is 4.52 Å². The number of fused-ring (bicyclic) bond motifs is 2. The zero-order chi connectivity index (χ0) is 13.4. The molecule has 0 aliphatic carbocycles. The van der Waals surface area contributed by atoms with Crippen LogP contribution in [-0.4, -0.2) is 40.2 Å². The van der Waals surface area contributed by atoms with Gasteiger partial charge in [-0.05, 0) is 30.7 Å². The molecule has 2 saturated heterocycles. The van der Waals surface area contributed by atoms with E-state index in [2.05, 4.69) is 20.4 Å². The predicted molar refractivity (Wildman–Crippen MR) is 84.7 cm³/mol. The summed E-state index contributed by atoms with van der Waals surface area (Å²) in [7, 11) is 0. The third-order valence-electron chi connectivity index (χ3n) is 4.21. The molecule has 2 aliphatic rings. The fourth-order valence-corrected chi connectivity index (χ4v) is 3.81. The van der Waals surface area contributed by atoms with Crippen molar-refractivity contribution in [2.24, 2.45) is 0 Å². The largest absolute Gasteiger partial charge is 0.338 e. The molecule has 2 fully saturated rings. The molecule has 4 heterocycles. The number of rotatable bonds is 3. The highest BCUT2D eigenvalue weighted by Crippen LogP contribution is 2.22. The number of aromatic nitrogens is 2. The van der Waals surface area contributed by atoms with E-state index in [9.17, 15) is 0 Å². The second-order valence-corrected chi connectivity index (χ2v) is 6.47. The Morgan fingerprint density at radius 1 is 1.33 bits per heavy atom. The van der Waals surface area contributed by atoms with Gasteiger partial charge in [-0.2, -0.15) is 16.3 Å². The Morgan fingerprint density at radius 3 is 3.10 bits per heavy atom. The predicted octanol–water partition coefficient (Wildman–Crippen LogP) is 2.55. The zero-order valence-corrected chi connectivity index (χ0v) is 13.3. The van der Waals surface area contributed by atoms with Crippen molar-refractivity contribution in [3.8, 4) is 11.4 Å². The molecule has 0 amide bonds. The van der Waals surface area contributed by atoms with Gasteiger partial charge in [0.05, 0.1) is 6.54 Å². The van der Waals surface area contributed by atoms with Gasteiger partial charge in [0.15, 0.2) is 0 Å². The van der Waals surface area contributed by atoms with Gasteiger partial charge in [-0.25, -0.2) is 0 Å². The van der Waals surface area contributed by atoms with Crippen molar-refractivity contribution in [1.29, 1.82) is 0 Å². The van der Waals surface area contributed by atoms with Crippen molar-refractivity contribution < 1.29 is 4.52 Å². The molecule has 114 valence electrons. The van der Waals surface area contributed by atoms with Gasteiger partial charge < -0.3 is 9.84 Å². The highest BCUT2D eigenvalue weighted by molar-refractivity contribution is 7.08. The van der Waals surface area contributed by atoms with E-state index in [-0.39, 0.29) is 12.4 Å². The van der Waals surface area contributed by atoms with Gasteiger partial charge in [-0.3, -0.25) is 4.90 Å². The van der Waals surface area contributed by atoms with Crippen LogP contribution in [0, 0.1) is 0 Å². The maximum Gasteiger partial charge on any atom is 0.241 e.